The number of carbonyl (C=O) groups is 1. The number of hydrogen-bond acceptors (Lipinski definition) is 6. The summed E-state index contributed by atoms with van der Waals surface area (Å²) in [6.07, 6.45) is 1.59. The van der Waals surface area contributed by atoms with Crippen LogP contribution in [0.3, 0.4) is 0 Å². The largest absolute Gasteiger partial charge is 0.441 e. The summed E-state index contributed by atoms with van der Waals surface area (Å²) >= 11 is 0. The second-order valence-electron chi connectivity index (χ2n) is 6.45. The predicted octanol–water partition coefficient (Wildman–Crippen LogP) is 3.48. The Morgan fingerprint density at radius 1 is 1.17 bits per heavy atom. The van der Waals surface area contributed by atoms with Crippen LogP contribution in [0.1, 0.15) is 18.1 Å². The molecule has 4 rings (SSSR count). The first-order valence-electron chi connectivity index (χ1n) is 9.05. The number of rotatable bonds is 6. The van der Waals surface area contributed by atoms with E-state index >= 15 is 0 Å². The highest BCUT2D eigenvalue weighted by atomic mass is 19.1. The lowest BCUT2D eigenvalue weighted by Crippen LogP contribution is -2.14. The second-order valence-corrected chi connectivity index (χ2v) is 6.45. The van der Waals surface area contributed by atoms with Crippen LogP contribution in [0.2, 0.25) is 0 Å². The van der Waals surface area contributed by atoms with Gasteiger partial charge in [-0.05, 0) is 47.7 Å². The van der Waals surface area contributed by atoms with E-state index < -0.39 is 17.5 Å². The number of benzene rings is 2. The third kappa shape index (κ3) is 4.07. The van der Waals surface area contributed by atoms with E-state index in [0.717, 1.165) is 0 Å². The normalized spacial score (nSPS) is 10.9. The first kappa shape index (κ1) is 19.4. The Hall–Kier alpha value is -3.95. The number of aryl methyl sites for hydroxylation is 2. The SMILES string of the molecule is Cc1nnnn1-c1ccc(F)c(NC(=O)CCc2ncc(-c3ccccc3F)o2)c1. The molecule has 2 heterocycles. The lowest BCUT2D eigenvalue weighted by molar-refractivity contribution is -0.116. The van der Waals surface area contributed by atoms with Crippen LogP contribution < -0.4 is 5.32 Å². The minimum Gasteiger partial charge on any atom is -0.441 e. The third-order valence-electron chi connectivity index (χ3n) is 4.35. The van der Waals surface area contributed by atoms with Crippen LogP contribution in [0, 0.1) is 18.6 Å². The first-order valence-corrected chi connectivity index (χ1v) is 9.05. The summed E-state index contributed by atoms with van der Waals surface area (Å²) in [7, 11) is 0. The molecule has 2 aromatic carbocycles. The van der Waals surface area contributed by atoms with Crippen molar-refractivity contribution in [3.8, 4) is 17.0 Å². The minimum atomic E-state index is -0.587. The van der Waals surface area contributed by atoms with Crippen molar-refractivity contribution in [2.45, 2.75) is 19.8 Å². The molecule has 0 unspecified atom stereocenters. The highest BCUT2D eigenvalue weighted by molar-refractivity contribution is 5.91. The maximum Gasteiger partial charge on any atom is 0.224 e. The Bertz CT molecular complexity index is 1200. The molecule has 0 aliphatic heterocycles. The van der Waals surface area contributed by atoms with E-state index in [1.54, 1.807) is 25.1 Å². The number of halogens is 2. The minimum absolute atomic E-state index is 0.00476. The van der Waals surface area contributed by atoms with Crippen molar-refractivity contribution in [3.05, 3.63) is 72.0 Å². The van der Waals surface area contributed by atoms with E-state index in [4.69, 9.17) is 4.42 Å². The summed E-state index contributed by atoms with van der Waals surface area (Å²) in [6.45, 7) is 1.70. The summed E-state index contributed by atoms with van der Waals surface area (Å²) in [4.78, 5) is 16.4. The lowest BCUT2D eigenvalue weighted by atomic mass is 10.2. The molecule has 2 aromatic heterocycles. The molecule has 0 saturated heterocycles. The van der Waals surface area contributed by atoms with E-state index in [9.17, 15) is 13.6 Å². The Morgan fingerprint density at radius 2 is 2.00 bits per heavy atom. The number of amides is 1. The number of nitrogens with zero attached hydrogens (tertiary/aromatic N) is 5. The molecule has 4 aromatic rings. The highest BCUT2D eigenvalue weighted by Gasteiger charge is 2.14. The maximum atomic E-state index is 14.1. The van der Waals surface area contributed by atoms with Crippen molar-refractivity contribution in [2.24, 2.45) is 0 Å². The molecule has 0 bridgehead atoms. The van der Waals surface area contributed by atoms with E-state index in [2.05, 4.69) is 25.8 Å². The summed E-state index contributed by atoms with van der Waals surface area (Å²) in [5.41, 5.74) is 0.806. The Kier molecular flexibility index (Phi) is 5.29. The van der Waals surface area contributed by atoms with Crippen molar-refractivity contribution in [1.29, 1.82) is 0 Å². The van der Waals surface area contributed by atoms with Crippen molar-refractivity contribution >= 4 is 11.6 Å². The monoisotopic (exact) mass is 410 g/mol. The van der Waals surface area contributed by atoms with Crippen LogP contribution in [0.4, 0.5) is 14.5 Å². The topological polar surface area (TPSA) is 98.7 Å². The van der Waals surface area contributed by atoms with Gasteiger partial charge in [0, 0.05) is 12.8 Å². The van der Waals surface area contributed by atoms with Gasteiger partial charge in [-0.3, -0.25) is 4.79 Å². The predicted molar refractivity (Wildman–Crippen MR) is 103 cm³/mol. The van der Waals surface area contributed by atoms with Gasteiger partial charge >= 0.3 is 0 Å². The van der Waals surface area contributed by atoms with Crippen LogP contribution in [0.15, 0.2) is 53.1 Å². The Morgan fingerprint density at radius 3 is 2.77 bits per heavy atom. The van der Waals surface area contributed by atoms with Gasteiger partial charge in [0.15, 0.2) is 17.5 Å². The van der Waals surface area contributed by atoms with Gasteiger partial charge in [0.2, 0.25) is 5.91 Å². The summed E-state index contributed by atoms with van der Waals surface area (Å²) in [6, 6.07) is 10.3. The number of hydrogen-bond donors (Lipinski definition) is 1. The maximum absolute atomic E-state index is 14.1. The molecule has 10 heteroatoms. The van der Waals surface area contributed by atoms with E-state index in [1.165, 1.54) is 35.1 Å². The molecular weight excluding hydrogens is 394 g/mol. The molecule has 152 valence electrons. The molecule has 0 fully saturated rings. The zero-order valence-corrected chi connectivity index (χ0v) is 15.8. The quantitative estimate of drug-likeness (QED) is 0.523. The molecule has 1 N–H and O–H groups in total. The fourth-order valence-electron chi connectivity index (χ4n) is 2.86. The molecule has 8 nitrogen and oxygen atoms in total. The molecule has 0 aliphatic rings. The van der Waals surface area contributed by atoms with Crippen molar-refractivity contribution in [1.82, 2.24) is 25.2 Å². The van der Waals surface area contributed by atoms with Gasteiger partial charge in [0.05, 0.1) is 23.1 Å². The van der Waals surface area contributed by atoms with Gasteiger partial charge < -0.3 is 9.73 Å². The van der Waals surface area contributed by atoms with Crippen LogP contribution in [-0.2, 0) is 11.2 Å². The zero-order chi connectivity index (χ0) is 21.1. The zero-order valence-electron chi connectivity index (χ0n) is 15.8. The number of oxazole rings is 1. The standard InChI is InChI=1S/C20H16F2N6O2/c1-12-25-26-27-28(12)13-6-7-16(22)17(10-13)24-19(29)8-9-20-23-11-18(30-20)14-4-2-3-5-15(14)21/h2-7,10-11H,8-9H2,1H3,(H,24,29). The summed E-state index contributed by atoms with van der Waals surface area (Å²) < 4.78 is 34.9. The van der Waals surface area contributed by atoms with Gasteiger partial charge in [-0.1, -0.05) is 12.1 Å². The molecule has 0 radical (unpaired) electrons. The molecule has 0 spiro atoms. The number of carbonyl (C=O) groups excluding carboxylic acids is 1. The molecule has 0 atom stereocenters. The second kappa shape index (κ2) is 8.19. The van der Waals surface area contributed by atoms with Crippen molar-refractivity contribution < 1.29 is 18.0 Å². The lowest BCUT2D eigenvalue weighted by Gasteiger charge is -2.08. The number of anilines is 1. The van der Waals surface area contributed by atoms with Gasteiger partial charge in [0.25, 0.3) is 0 Å². The van der Waals surface area contributed by atoms with Crippen LogP contribution in [-0.4, -0.2) is 31.1 Å². The third-order valence-corrected chi connectivity index (χ3v) is 4.35. The fraction of sp³-hybridized carbons (Fsp3) is 0.150. The van der Waals surface area contributed by atoms with E-state index in [1.807, 2.05) is 0 Å². The summed E-state index contributed by atoms with van der Waals surface area (Å²) in [5.74, 6) is -0.360. The van der Waals surface area contributed by atoms with E-state index in [0.29, 0.717) is 11.5 Å². The molecule has 1 amide bonds. The van der Waals surface area contributed by atoms with Crippen molar-refractivity contribution in [3.63, 3.8) is 0 Å². The van der Waals surface area contributed by atoms with Gasteiger partial charge in [0.1, 0.15) is 11.6 Å². The molecular formula is C20H16F2N6O2. The summed E-state index contributed by atoms with van der Waals surface area (Å²) in [5, 5.41) is 13.7. The first-order chi connectivity index (χ1) is 14.5. The van der Waals surface area contributed by atoms with Crippen LogP contribution >= 0.6 is 0 Å². The molecule has 30 heavy (non-hydrogen) atoms. The van der Waals surface area contributed by atoms with Crippen LogP contribution in [0.25, 0.3) is 17.0 Å². The highest BCUT2D eigenvalue weighted by Crippen LogP contribution is 2.24. The van der Waals surface area contributed by atoms with E-state index in [-0.39, 0.29) is 35.7 Å². The van der Waals surface area contributed by atoms with Gasteiger partial charge in [-0.25, -0.2) is 13.8 Å². The number of nitrogens with one attached hydrogen (secondary N) is 1. The number of aromatic nitrogens is 5. The average Bonchev–Trinajstić information content (AvgIpc) is 3.37. The smallest absolute Gasteiger partial charge is 0.224 e. The average molecular weight is 410 g/mol. The van der Waals surface area contributed by atoms with Gasteiger partial charge in [-0.15, -0.1) is 5.10 Å². The van der Waals surface area contributed by atoms with Crippen molar-refractivity contribution in [2.75, 3.05) is 5.32 Å². The molecule has 0 saturated carbocycles. The van der Waals surface area contributed by atoms with Gasteiger partial charge in [-0.2, -0.15) is 4.68 Å². The fourth-order valence-corrected chi connectivity index (χ4v) is 2.86. The molecule has 0 aliphatic carbocycles. The Labute approximate surface area is 169 Å². The number of tetrazole rings is 1. The van der Waals surface area contributed by atoms with Crippen LogP contribution in [0.5, 0.6) is 0 Å². The Balaban J connectivity index is 1.41.